The zero-order valence-electron chi connectivity index (χ0n) is 15.7. The third kappa shape index (κ3) is 3.03. The van der Waals surface area contributed by atoms with Crippen LogP contribution in [0.25, 0.3) is 22.4 Å². The minimum Gasteiger partial charge on any atom is -0.406 e. The van der Waals surface area contributed by atoms with Gasteiger partial charge < -0.3 is 14.3 Å². The number of pyridine rings is 1. The van der Waals surface area contributed by atoms with Crippen LogP contribution in [-0.4, -0.2) is 40.7 Å². The second kappa shape index (κ2) is 6.89. The zero-order chi connectivity index (χ0) is 20.7. The summed E-state index contributed by atoms with van der Waals surface area (Å²) in [5.74, 6) is -0.938. The molecule has 1 N–H and O–H groups in total. The van der Waals surface area contributed by atoms with Crippen molar-refractivity contribution in [3.05, 3.63) is 56.0 Å². The standard InChI is InChI=1S/C17H17N7O5/c1-21-14-12(15(26)22(2)16(21)27)23(9-20-14)8-11(25)18-6-7-24-13-10(29-17(24)28)4-3-5-19-13/h3-5,9H,6-8H2,1-2H3,(H,18,25). The number of hydrogen-bond donors (Lipinski definition) is 1. The van der Waals surface area contributed by atoms with Crippen LogP contribution in [0.3, 0.4) is 0 Å². The lowest BCUT2D eigenvalue weighted by molar-refractivity contribution is -0.121. The number of aromatic nitrogens is 6. The number of rotatable bonds is 5. The van der Waals surface area contributed by atoms with Crippen molar-refractivity contribution in [2.24, 2.45) is 14.1 Å². The minimum atomic E-state index is -0.557. The molecule has 0 radical (unpaired) electrons. The Morgan fingerprint density at radius 3 is 2.72 bits per heavy atom. The first kappa shape index (κ1) is 18.4. The van der Waals surface area contributed by atoms with Crippen LogP contribution in [0.5, 0.6) is 0 Å². The van der Waals surface area contributed by atoms with Crippen molar-refractivity contribution in [3.8, 4) is 0 Å². The van der Waals surface area contributed by atoms with E-state index in [1.807, 2.05) is 0 Å². The second-order valence-corrected chi connectivity index (χ2v) is 6.45. The number of nitrogens with one attached hydrogen (secondary N) is 1. The van der Waals surface area contributed by atoms with E-state index in [4.69, 9.17) is 4.42 Å². The topological polar surface area (TPSA) is 139 Å². The van der Waals surface area contributed by atoms with E-state index in [0.717, 1.165) is 4.57 Å². The van der Waals surface area contributed by atoms with Gasteiger partial charge in [-0.1, -0.05) is 0 Å². The monoisotopic (exact) mass is 399 g/mol. The van der Waals surface area contributed by atoms with Crippen molar-refractivity contribution in [3.63, 3.8) is 0 Å². The molecule has 0 aliphatic rings. The van der Waals surface area contributed by atoms with Crippen molar-refractivity contribution < 1.29 is 9.21 Å². The number of fused-ring (bicyclic) bond motifs is 2. The van der Waals surface area contributed by atoms with Gasteiger partial charge in [-0.05, 0) is 12.1 Å². The molecule has 150 valence electrons. The summed E-state index contributed by atoms with van der Waals surface area (Å²) >= 11 is 0. The zero-order valence-corrected chi connectivity index (χ0v) is 15.7. The second-order valence-electron chi connectivity index (χ2n) is 6.45. The molecule has 0 saturated heterocycles. The van der Waals surface area contributed by atoms with Crippen molar-refractivity contribution in [1.82, 2.24) is 33.6 Å². The van der Waals surface area contributed by atoms with Crippen molar-refractivity contribution >= 4 is 28.3 Å². The maximum Gasteiger partial charge on any atom is 0.421 e. The highest BCUT2D eigenvalue weighted by Gasteiger charge is 2.16. The number of carbonyl (C=O) groups excluding carboxylic acids is 1. The van der Waals surface area contributed by atoms with Crippen LogP contribution >= 0.6 is 0 Å². The molecule has 0 saturated carbocycles. The molecule has 0 bridgehead atoms. The van der Waals surface area contributed by atoms with Crippen LogP contribution in [0.2, 0.25) is 0 Å². The quantitative estimate of drug-likeness (QED) is 0.433. The lowest BCUT2D eigenvalue weighted by atomic mass is 10.4. The molecule has 4 heterocycles. The highest BCUT2D eigenvalue weighted by Crippen LogP contribution is 2.08. The number of oxazole rings is 1. The number of nitrogens with zero attached hydrogens (tertiary/aromatic N) is 6. The largest absolute Gasteiger partial charge is 0.421 e. The Balaban J connectivity index is 1.49. The third-order valence-electron chi connectivity index (χ3n) is 4.61. The molecule has 1 amide bonds. The smallest absolute Gasteiger partial charge is 0.406 e. The van der Waals surface area contributed by atoms with Gasteiger partial charge in [-0.3, -0.25) is 23.3 Å². The van der Waals surface area contributed by atoms with Crippen molar-refractivity contribution in [2.75, 3.05) is 6.54 Å². The number of hydrogen-bond acceptors (Lipinski definition) is 7. The molecule has 0 aliphatic carbocycles. The SMILES string of the molecule is Cn1c(=O)c2c(ncn2CC(=O)NCCn2c(=O)oc3cccnc32)n(C)c1=O. The molecule has 0 fully saturated rings. The maximum atomic E-state index is 12.4. The van der Waals surface area contributed by atoms with E-state index in [1.165, 1.54) is 34.1 Å². The molecule has 0 aromatic carbocycles. The van der Waals surface area contributed by atoms with Crippen molar-refractivity contribution in [1.29, 1.82) is 0 Å². The normalized spacial score (nSPS) is 11.4. The first-order chi connectivity index (χ1) is 13.9. The summed E-state index contributed by atoms with van der Waals surface area (Å²) in [4.78, 5) is 56.8. The highest BCUT2D eigenvalue weighted by atomic mass is 16.4. The Morgan fingerprint density at radius 1 is 1.14 bits per heavy atom. The molecule has 12 nitrogen and oxygen atoms in total. The summed E-state index contributed by atoms with van der Waals surface area (Å²) in [7, 11) is 2.87. The summed E-state index contributed by atoms with van der Waals surface area (Å²) in [6, 6.07) is 3.30. The van der Waals surface area contributed by atoms with E-state index in [0.29, 0.717) is 11.2 Å². The molecule has 4 rings (SSSR count). The van der Waals surface area contributed by atoms with E-state index < -0.39 is 17.0 Å². The van der Waals surface area contributed by atoms with E-state index in [2.05, 4.69) is 15.3 Å². The van der Waals surface area contributed by atoms with E-state index >= 15 is 0 Å². The summed E-state index contributed by atoms with van der Waals surface area (Å²) < 4.78 is 10.0. The third-order valence-corrected chi connectivity index (χ3v) is 4.61. The van der Waals surface area contributed by atoms with Crippen LogP contribution in [-0.2, 0) is 32.0 Å². The fraction of sp³-hybridized carbons (Fsp3) is 0.294. The molecule has 0 aliphatic heterocycles. The Morgan fingerprint density at radius 2 is 1.93 bits per heavy atom. The van der Waals surface area contributed by atoms with Gasteiger partial charge in [0.2, 0.25) is 5.91 Å². The summed E-state index contributed by atoms with van der Waals surface area (Å²) in [6.45, 7) is 0.172. The van der Waals surface area contributed by atoms with Gasteiger partial charge in [0.05, 0.1) is 6.33 Å². The van der Waals surface area contributed by atoms with E-state index in [9.17, 15) is 19.2 Å². The van der Waals surface area contributed by atoms with Crippen LogP contribution < -0.4 is 22.3 Å². The van der Waals surface area contributed by atoms with Gasteiger partial charge in [0.1, 0.15) is 6.54 Å². The van der Waals surface area contributed by atoms with Crippen LogP contribution in [0.4, 0.5) is 0 Å². The molecule has 29 heavy (non-hydrogen) atoms. The van der Waals surface area contributed by atoms with Gasteiger partial charge in [-0.2, -0.15) is 0 Å². The van der Waals surface area contributed by atoms with Crippen LogP contribution in [0, 0.1) is 0 Å². The Bertz CT molecular complexity index is 1420. The van der Waals surface area contributed by atoms with E-state index in [-0.39, 0.29) is 36.7 Å². The predicted octanol–water partition coefficient (Wildman–Crippen LogP) is -1.45. The Hall–Kier alpha value is -3.96. The van der Waals surface area contributed by atoms with Gasteiger partial charge in [0.25, 0.3) is 5.56 Å². The molecule has 0 spiro atoms. The number of carbonyl (C=O) groups is 1. The molecule has 4 aromatic heterocycles. The summed E-state index contributed by atoms with van der Waals surface area (Å²) in [5.41, 5.74) is 0.103. The molecular formula is C17H17N7O5. The molecule has 12 heteroatoms. The highest BCUT2D eigenvalue weighted by molar-refractivity contribution is 5.78. The van der Waals surface area contributed by atoms with Crippen LogP contribution in [0.15, 0.2) is 43.5 Å². The fourth-order valence-corrected chi connectivity index (χ4v) is 3.13. The molecule has 4 aromatic rings. The van der Waals surface area contributed by atoms with Crippen LogP contribution in [0.1, 0.15) is 0 Å². The molecule has 0 unspecified atom stereocenters. The minimum absolute atomic E-state index is 0.158. The Kier molecular flexibility index (Phi) is 4.37. The average Bonchev–Trinajstić information content (AvgIpc) is 3.26. The number of amides is 1. The first-order valence-electron chi connectivity index (χ1n) is 8.70. The van der Waals surface area contributed by atoms with Gasteiger partial charge in [0.15, 0.2) is 22.4 Å². The lowest BCUT2D eigenvalue weighted by Gasteiger charge is -2.08. The molecular weight excluding hydrogens is 382 g/mol. The van der Waals surface area contributed by atoms with Gasteiger partial charge in [0, 0.05) is 33.4 Å². The number of aryl methyl sites for hydroxylation is 1. The van der Waals surface area contributed by atoms with E-state index in [1.54, 1.807) is 18.3 Å². The van der Waals surface area contributed by atoms with Gasteiger partial charge in [-0.15, -0.1) is 0 Å². The lowest BCUT2D eigenvalue weighted by Crippen LogP contribution is -2.38. The van der Waals surface area contributed by atoms with Gasteiger partial charge >= 0.3 is 11.4 Å². The van der Waals surface area contributed by atoms with Gasteiger partial charge in [-0.25, -0.2) is 19.6 Å². The summed E-state index contributed by atoms with van der Waals surface area (Å²) in [5, 5.41) is 2.68. The average molecular weight is 399 g/mol. The Labute approximate surface area is 161 Å². The predicted molar refractivity (Wildman–Crippen MR) is 101 cm³/mol. The fourth-order valence-electron chi connectivity index (χ4n) is 3.13. The summed E-state index contributed by atoms with van der Waals surface area (Å²) in [6.07, 6.45) is 2.88. The maximum absolute atomic E-state index is 12.4. The van der Waals surface area contributed by atoms with Crippen molar-refractivity contribution in [2.45, 2.75) is 13.1 Å². The number of imidazole rings is 1. The molecule has 0 atom stereocenters. The first-order valence-corrected chi connectivity index (χ1v) is 8.70.